The molecule has 0 aliphatic rings. The van der Waals surface area contributed by atoms with Gasteiger partial charge in [0.15, 0.2) is 5.96 Å². The maximum atomic E-state index is 9.84. The van der Waals surface area contributed by atoms with E-state index in [-0.39, 0.29) is 30.5 Å². The highest BCUT2D eigenvalue weighted by molar-refractivity contribution is 14.0. The minimum atomic E-state index is -0.693. The third kappa shape index (κ3) is 7.41. The van der Waals surface area contributed by atoms with Crippen LogP contribution < -0.4 is 10.6 Å². The van der Waals surface area contributed by atoms with Crippen molar-refractivity contribution in [3.8, 4) is 0 Å². The van der Waals surface area contributed by atoms with Crippen molar-refractivity contribution in [2.24, 2.45) is 4.99 Å². The van der Waals surface area contributed by atoms with E-state index in [2.05, 4.69) is 22.5 Å². The van der Waals surface area contributed by atoms with E-state index in [4.69, 9.17) is 4.42 Å². The zero-order valence-electron chi connectivity index (χ0n) is 11.6. The number of nitrogens with one attached hydrogen (secondary N) is 2. The summed E-state index contributed by atoms with van der Waals surface area (Å²) in [5.74, 6) is 1.28. The molecule has 0 amide bonds. The second-order valence-electron chi connectivity index (χ2n) is 4.03. The van der Waals surface area contributed by atoms with E-state index in [1.807, 2.05) is 6.92 Å². The highest BCUT2D eigenvalue weighted by Gasteiger charge is 2.09. The number of aliphatic imine (C=N–C) groups is 1. The van der Waals surface area contributed by atoms with Crippen LogP contribution in [0.5, 0.6) is 0 Å². The molecule has 0 aliphatic heterocycles. The zero-order chi connectivity index (χ0) is 13.2. The van der Waals surface area contributed by atoms with Gasteiger partial charge in [-0.3, -0.25) is 4.99 Å². The number of hydrogen-bond donors (Lipinski definition) is 3. The van der Waals surface area contributed by atoms with E-state index in [0.717, 1.165) is 31.9 Å². The molecule has 1 rings (SSSR count). The maximum Gasteiger partial charge on any atom is 0.191 e. The third-order valence-corrected chi connectivity index (χ3v) is 2.46. The minimum absolute atomic E-state index is 0. The summed E-state index contributed by atoms with van der Waals surface area (Å²) >= 11 is 0. The molecule has 110 valence electrons. The van der Waals surface area contributed by atoms with E-state index in [1.54, 1.807) is 18.4 Å². The van der Waals surface area contributed by atoms with Crippen LogP contribution in [0.3, 0.4) is 0 Å². The second kappa shape index (κ2) is 11.1. The smallest absolute Gasteiger partial charge is 0.191 e. The molecule has 0 bridgehead atoms. The van der Waals surface area contributed by atoms with Gasteiger partial charge in [-0.25, -0.2) is 0 Å². The van der Waals surface area contributed by atoms with Crippen molar-refractivity contribution < 1.29 is 9.52 Å². The standard InChI is InChI=1S/C13H23N3O2.HI/c1-3-5-8-15-13(14-4-2)16-10-11(17)12-7-6-9-18-12;/h6-7,9,11,17H,3-5,8,10H2,1-2H3,(H2,14,15,16);1H. The van der Waals surface area contributed by atoms with E-state index >= 15 is 0 Å². The molecule has 19 heavy (non-hydrogen) atoms. The Labute approximate surface area is 131 Å². The monoisotopic (exact) mass is 381 g/mol. The Hall–Kier alpha value is -0.760. The zero-order valence-corrected chi connectivity index (χ0v) is 13.9. The predicted octanol–water partition coefficient (Wildman–Crippen LogP) is 2.29. The first-order valence-electron chi connectivity index (χ1n) is 6.51. The van der Waals surface area contributed by atoms with Crippen LogP contribution >= 0.6 is 24.0 Å². The first-order valence-corrected chi connectivity index (χ1v) is 6.51. The summed E-state index contributed by atoms with van der Waals surface area (Å²) in [6, 6.07) is 3.50. The van der Waals surface area contributed by atoms with Gasteiger partial charge in [-0.15, -0.1) is 24.0 Å². The van der Waals surface area contributed by atoms with Crippen molar-refractivity contribution in [1.82, 2.24) is 10.6 Å². The summed E-state index contributed by atoms with van der Waals surface area (Å²) in [6.45, 7) is 6.13. The van der Waals surface area contributed by atoms with Crippen LogP contribution in [0, 0.1) is 0 Å². The average Bonchev–Trinajstić information content (AvgIpc) is 2.89. The first kappa shape index (κ1) is 18.2. The fourth-order valence-corrected chi connectivity index (χ4v) is 1.47. The number of furan rings is 1. The molecule has 0 spiro atoms. The van der Waals surface area contributed by atoms with Crippen LogP contribution in [0.25, 0.3) is 0 Å². The molecular weight excluding hydrogens is 357 g/mol. The summed E-state index contributed by atoms with van der Waals surface area (Å²) in [4.78, 5) is 4.33. The number of aliphatic hydroxyl groups excluding tert-OH is 1. The lowest BCUT2D eigenvalue weighted by molar-refractivity contribution is 0.158. The first-order chi connectivity index (χ1) is 8.77. The number of rotatable bonds is 7. The maximum absolute atomic E-state index is 9.84. The molecule has 1 heterocycles. The van der Waals surface area contributed by atoms with Gasteiger partial charge in [0.25, 0.3) is 0 Å². The Morgan fingerprint density at radius 1 is 1.42 bits per heavy atom. The van der Waals surface area contributed by atoms with Gasteiger partial charge in [0.05, 0.1) is 12.8 Å². The van der Waals surface area contributed by atoms with Crippen LogP contribution in [0.2, 0.25) is 0 Å². The lowest BCUT2D eigenvalue weighted by Crippen LogP contribution is -2.38. The molecule has 1 aromatic heterocycles. The van der Waals surface area contributed by atoms with Crippen LogP contribution in [-0.4, -0.2) is 30.7 Å². The average molecular weight is 381 g/mol. The van der Waals surface area contributed by atoms with E-state index in [1.165, 1.54) is 0 Å². The van der Waals surface area contributed by atoms with Gasteiger partial charge in [0.2, 0.25) is 0 Å². The van der Waals surface area contributed by atoms with Crippen molar-refractivity contribution in [2.45, 2.75) is 32.8 Å². The quantitative estimate of drug-likeness (QED) is 0.293. The Bertz CT molecular complexity index is 342. The van der Waals surface area contributed by atoms with Crippen molar-refractivity contribution in [1.29, 1.82) is 0 Å². The molecule has 0 saturated carbocycles. The Balaban J connectivity index is 0.00000324. The molecule has 5 nitrogen and oxygen atoms in total. The highest BCUT2D eigenvalue weighted by Crippen LogP contribution is 2.12. The molecule has 0 saturated heterocycles. The van der Waals surface area contributed by atoms with Crippen LogP contribution in [0.1, 0.15) is 38.6 Å². The molecule has 1 aromatic rings. The molecule has 1 atom stereocenters. The lowest BCUT2D eigenvalue weighted by atomic mass is 10.3. The summed E-state index contributed by atoms with van der Waals surface area (Å²) in [6.07, 6.45) is 3.10. The number of guanidine groups is 1. The van der Waals surface area contributed by atoms with Gasteiger partial charge < -0.3 is 20.2 Å². The number of nitrogens with zero attached hydrogens (tertiary/aromatic N) is 1. The van der Waals surface area contributed by atoms with Crippen molar-refractivity contribution in [2.75, 3.05) is 19.6 Å². The van der Waals surface area contributed by atoms with Gasteiger partial charge in [0.1, 0.15) is 11.9 Å². The SMILES string of the molecule is CCCCNC(=NCC(O)c1ccco1)NCC.I. The molecule has 6 heteroatoms. The number of unbranched alkanes of at least 4 members (excludes halogenated alkanes) is 1. The highest BCUT2D eigenvalue weighted by atomic mass is 127. The third-order valence-electron chi connectivity index (χ3n) is 2.46. The number of hydrogen-bond acceptors (Lipinski definition) is 3. The molecule has 1 unspecified atom stereocenters. The Morgan fingerprint density at radius 2 is 2.21 bits per heavy atom. The number of halogens is 1. The minimum Gasteiger partial charge on any atom is -0.467 e. The fraction of sp³-hybridized carbons (Fsp3) is 0.615. The van der Waals surface area contributed by atoms with Crippen molar-refractivity contribution >= 4 is 29.9 Å². The van der Waals surface area contributed by atoms with Crippen LogP contribution in [0.4, 0.5) is 0 Å². The van der Waals surface area contributed by atoms with Gasteiger partial charge >= 0.3 is 0 Å². The fourth-order valence-electron chi connectivity index (χ4n) is 1.47. The van der Waals surface area contributed by atoms with Gasteiger partial charge in [-0.2, -0.15) is 0 Å². The molecule has 0 aliphatic carbocycles. The van der Waals surface area contributed by atoms with Crippen molar-refractivity contribution in [3.05, 3.63) is 24.2 Å². The van der Waals surface area contributed by atoms with E-state index < -0.39 is 6.10 Å². The van der Waals surface area contributed by atoms with Crippen LogP contribution in [-0.2, 0) is 0 Å². The Morgan fingerprint density at radius 3 is 2.79 bits per heavy atom. The summed E-state index contributed by atoms with van der Waals surface area (Å²) < 4.78 is 5.13. The van der Waals surface area contributed by atoms with Crippen LogP contribution in [0.15, 0.2) is 27.8 Å². The molecule has 0 fully saturated rings. The second-order valence-corrected chi connectivity index (χ2v) is 4.03. The molecular formula is C13H24IN3O2. The van der Waals surface area contributed by atoms with Crippen molar-refractivity contribution in [3.63, 3.8) is 0 Å². The van der Waals surface area contributed by atoms with Gasteiger partial charge in [-0.05, 0) is 25.5 Å². The van der Waals surface area contributed by atoms with Gasteiger partial charge in [0, 0.05) is 13.1 Å². The molecule has 0 aromatic carbocycles. The Kier molecular flexibility index (Phi) is 10.7. The topological polar surface area (TPSA) is 69.8 Å². The van der Waals surface area contributed by atoms with E-state index in [0.29, 0.717) is 5.76 Å². The summed E-state index contributed by atoms with van der Waals surface area (Å²) in [5.41, 5.74) is 0. The lowest BCUT2D eigenvalue weighted by Gasteiger charge is -2.11. The summed E-state index contributed by atoms with van der Waals surface area (Å²) in [7, 11) is 0. The number of aliphatic hydroxyl groups is 1. The summed E-state index contributed by atoms with van der Waals surface area (Å²) in [5, 5.41) is 16.2. The van der Waals surface area contributed by atoms with E-state index in [9.17, 15) is 5.11 Å². The largest absolute Gasteiger partial charge is 0.467 e. The molecule has 3 N–H and O–H groups in total. The molecule has 0 radical (unpaired) electrons. The normalized spacial score (nSPS) is 12.7. The van der Waals surface area contributed by atoms with Gasteiger partial charge in [-0.1, -0.05) is 13.3 Å². The predicted molar refractivity (Wildman–Crippen MR) is 88.0 cm³/mol.